The van der Waals surface area contributed by atoms with Crippen LogP contribution in [-0.4, -0.2) is 17.7 Å². The van der Waals surface area contributed by atoms with E-state index in [0.29, 0.717) is 23.5 Å². The molecule has 0 fully saturated rings. The molecule has 0 spiro atoms. The SMILES string of the molecule is O=C1NC2=C(CCc3ccccc32)C(c2cc3c(cc2[N+](=O)[O-])OCO3)N1. The smallest absolute Gasteiger partial charge is 0.320 e. The summed E-state index contributed by atoms with van der Waals surface area (Å²) in [4.78, 5) is 23.6. The summed E-state index contributed by atoms with van der Waals surface area (Å²) >= 11 is 0. The minimum Gasteiger partial charge on any atom is -0.454 e. The number of nitrogens with one attached hydrogen (secondary N) is 2. The summed E-state index contributed by atoms with van der Waals surface area (Å²) in [6.07, 6.45) is 1.50. The standard InChI is InChI=1S/C19H15N3O5/c23-19-20-17-11-4-2-1-3-10(11)5-6-12(17)18(21-19)13-7-15-16(27-9-26-15)8-14(13)22(24)25/h1-4,7-8,18H,5-6,9H2,(H2,20,21,23). The van der Waals surface area contributed by atoms with Gasteiger partial charge in [0, 0.05) is 5.56 Å². The zero-order chi connectivity index (χ0) is 18.5. The molecule has 0 bridgehead atoms. The van der Waals surface area contributed by atoms with E-state index >= 15 is 0 Å². The van der Waals surface area contributed by atoms with Crippen LogP contribution in [0, 0.1) is 10.1 Å². The van der Waals surface area contributed by atoms with E-state index in [9.17, 15) is 14.9 Å². The molecule has 0 aromatic heterocycles. The van der Waals surface area contributed by atoms with Crippen molar-refractivity contribution in [2.24, 2.45) is 0 Å². The van der Waals surface area contributed by atoms with Crippen molar-refractivity contribution in [3.63, 3.8) is 0 Å². The minimum atomic E-state index is -0.600. The Morgan fingerprint density at radius 1 is 1.11 bits per heavy atom. The molecule has 3 aliphatic rings. The lowest BCUT2D eigenvalue weighted by Crippen LogP contribution is -2.44. The van der Waals surface area contributed by atoms with Gasteiger partial charge in [0.1, 0.15) is 0 Å². The first-order valence-corrected chi connectivity index (χ1v) is 8.58. The predicted molar refractivity (Wildman–Crippen MR) is 95.3 cm³/mol. The Bertz CT molecular complexity index is 1030. The second-order valence-corrected chi connectivity index (χ2v) is 6.61. The summed E-state index contributed by atoms with van der Waals surface area (Å²) in [7, 11) is 0. The molecule has 136 valence electrons. The molecule has 2 amide bonds. The number of carbonyl (C=O) groups excluding carboxylic acids is 1. The van der Waals surface area contributed by atoms with Gasteiger partial charge in [0.05, 0.1) is 28.3 Å². The second kappa shape index (κ2) is 5.73. The third-order valence-corrected chi connectivity index (χ3v) is 5.16. The van der Waals surface area contributed by atoms with Gasteiger partial charge in [0.15, 0.2) is 11.5 Å². The fraction of sp³-hybridized carbons (Fsp3) is 0.211. The van der Waals surface area contributed by atoms with Crippen LogP contribution in [0.15, 0.2) is 42.0 Å². The third-order valence-electron chi connectivity index (χ3n) is 5.16. The molecule has 0 saturated carbocycles. The lowest BCUT2D eigenvalue weighted by atomic mass is 9.82. The molecule has 27 heavy (non-hydrogen) atoms. The van der Waals surface area contributed by atoms with Gasteiger partial charge in [-0.05, 0) is 30.0 Å². The summed E-state index contributed by atoms with van der Waals surface area (Å²) in [5, 5.41) is 17.4. The number of urea groups is 1. The van der Waals surface area contributed by atoms with Crippen LogP contribution in [0.1, 0.15) is 29.2 Å². The maximum Gasteiger partial charge on any atom is 0.320 e. The summed E-state index contributed by atoms with van der Waals surface area (Å²) < 4.78 is 10.7. The van der Waals surface area contributed by atoms with Gasteiger partial charge in [-0.3, -0.25) is 10.1 Å². The van der Waals surface area contributed by atoms with E-state index < -0.39 is 11.0 Å². The van der Waals surface area contributed by atoms with Crippen molar-refractivity contribution in [3.05, 3.63) is 68.8 Å². The molecule has 2 N–H and O–H groups in total. The van der Waals surface area contributed by atoms with Crippen molar-refractivity contribution >= 4 is 17.4 Å². The molecule has 2 aromatic carbocycles. The van der Waals surface area contributed by atoms with Crippen molar-refractivity contribution in [1.82, 2.24) is 10.6 Å². The lowest BCUT2D eigenvalue weighted by Gasteiger charge is -2.34. The highest BCUT2D eigenvalue weighted by Gasteiger charge is 2.36. The highest BCUT2D eigenvalue weighted by atomic mass is 16.7. The maximum atomic E-state index is 12.3. The fourth-order valence-electron chi connectivity index (χ4n) is 3.96. The van der Waals surface area contributed by atoms with Crippen LogP contribution in [0.25, 0.3) is 5.70 Å². The normalized spacial score (nSPS) is 19.7. The lowest BCUT2D eigenvalue weighted by molar-refractivity contribution is -0.385. The highest BCUT2D eigenvalue weighted by Crippen LogP contribution is 2.45. The Hall–Kier alpha value is -3.55. The van der Waals surface area contributed by atoms with Gasteiger partial charge in [-0.1, -0.05) is 24.3 Å². The van der Waals surface area contributed by atoms with E-state index in [1.807, 2.05) is 24.3 Å². The summed E-state index contributed by atoms with van der Waals surface area (Å²) in [6.45, 7) is 0.0237. The summed E-state index contributed by atoms with van der Waals surface area (Å²) in [5.74, 6) is 0.788. The van der Waals surface area contributed by atoms with Gasteiger partial charge in [0.2, 0.25) is 6.79 Å². The number of ether oxygens (including phenoxy) is 2. The first kappa shape index (κ1) is 15.7. The zero-order valence-corrected chi connectivity index (χ0v) is 14.2. The van der Waals surface area contributed by atoms with Crippen LogP contribution in [-0.2, 0) is 6.42 Å². The number of hydrogen-bond acceptors (Lipinski definition) is 5. The van der Waals surface area contributed by atoms with Crippen molar-refractivity contribution in [3.8, 4) is 11.5 Å². The van der Waals surface area contributed by atoms with Crippen molar-refractivity contribution in [1.29, 1.82) is 0 Å². The van der Waals surface area contributed by atoms with E-state index in [1.54, 1.807) is 6.07 Å². The number of amides is 2. The highest BCUT2D eigenvalue weighted by molar-refractivity contribution is 5.91. The van der Waals surface area contributed by atoms with Gasteiger partial charge in [0.25, 0.3) is 5.69 Å². The molecule has 2 aromatic rings. The van der Waals surface area contributed by atoms with Gasteiger partial charge < -0.3 is 20.1 Å². The van der Waals surface area contributed by atoms with Gasteiger partial charge in [-0.2, -0.15) is 0 Å². The molecular weight excluding hydrogens is 350 g/mol. The van der Waals surface area contributed by atoms with Gasteiger partial charge in [-0.25, -0.2) is 4.79 Å². The molecular formula is C19H15N3O5. The van der Waals surface area contributed by atoms with E-state index in [4.69, 9.17) is 9.47 Å². The quantitative estimate of drug-likeness (QED) is 0.629. The summed E-state index contributed by atoms with van der Waals surface area (Å²) in [6, 6.07) is 9.85. The predicted octanol–water partition coefficient (Wildman–Crippen LogP) is 3.03. The minimum absolute atomic E-state index is 0.0237. The van der Waals surface area contributed by atoms with Gasteiger partial charge in [-0.15, -0.1) is 0 Å². The van der Waals surface area contributed by atoms with Crippen LogP contribution in [0.3, 0.4) is 0 Å². The molecule has 0 radical (unpaired) electrons. The Morgan fingerprint density at radius 2 is 1.89 bits per heavy atom. The van der Waals surface area contributed by atoms with E-state index in [0.717, 1.165) is 28.8 Å². The fourth-order valence-corrected chi connectivity index (χ4v) is 3.96. The second-order valence-electron chi connectivity index (χ2n) is 6.61. The third kappa shape index (κ3) is 2.41. The van der Waals surface area contributed by atoms with Crippen LogP contribution < -0.4 is 20.1 Å². The number of nitrogens with zero attached hydrogens (tertiary/aromatic N) is 1. The Labute approximate surface area is 153 Å². The zero-order valence-electron chi connectivity index (χ0n) is 14.2. The van der Waals surface area contributed by atoms with Crippen LogP contribution in [0.4, 0.5) is 10.5 Å². The molecule has 2 heterocycles. The number of hydrogen-bond donors (Lipinski definition) is 2. The van der Waals surface area contributed by atoms with Crippen molar-refractivity contribution < 1.29 is 19.2 Å². The monoisotopic (exact) mass is 365 g/mol. The van der Waals surface area contributed by atoms with Crippen molar-refractivity contribution in [2.45, 2.75) is 18.9 Å². The van der Waals surface area contributed by atoms with Crippen molar-refractivity contribution in [2.75, 3.05) is 6.79 Å². The molecule has 0 saturated heterocycles. The number of rotatable bonds is 2. The molecule has 5 rings (SSSR count). The van der Waals surface area contributed by atoms with E-state index in [2.05, 4.69) is 10.6 Å². The molecule has 1 unspecified atom stereocenters. The molecule has 2 aliphatic heterocycles. The largest absolute Gasteiger partial charge is 0.454 e. The number of aryl methyl sites for hydroxylation is 1. The van der Waals surface area contributed by atoms with E-state index in [1.165, 1.54) is 6.07 Å². The first-order valence-electron chi connectivity index (χ1n) is 8.58. The van der Waals surface area contributed by atoms with E-state index in [-0.39, 0.29) is 18.5 Å². The van der Waals surface area contributed by atoms with Crippen LogP contribution in [0.5, 0.6) is 11.5 Å². The molecule has 1 aliphatic carbocycles. The molecule has 8 heteroatoms. The number of benzene rings is 2. The van der Waals surface area contributed by atoms with Gasteiger partial charge >= 0.3 is 6.03 Å². The Morgan fingerprint density at radius 3 is 2.70 bits per heavy atom. The van der Waals surface area contributed by atoms with Crippen LogP contribution in [0.2, 0.25) is 0 Å². The average molecular weight is 365 g/mol. The topological polar surface area (TPSA) is 103 Å². The maximum absolute atomic E-state index is 12.3. The number of nitro groups is 1. The molecule has 8 nitrogen and oxygen atoms in total. The average Bonchev–Trinajstić information content (AvgIpc) is 3.13. The molecule has 1 atom stereocenters. The summed E-state index contributed by atoms with van der Waals surface area (Å²) in [5.41, 5.74) is 4.07. The Kier molecular flexibility index (Phi) is 3.33. The number of carbonyl (C=O) groups is 1. The first-order chi connectivity index (χ1) is 13.1. The Balaban J connectivity index is 1.70. The number of fused-ring (bicyclic) bond motifs is 3. The van der Waals surface area contributed by atoms with Crippen LogP contribution >= 0.6 is 0 Å². The number of nitro benzene ring substituents is 1.